The fourth-order valence-corrected chi connectivity index (χ4v) is 2.73. The van der Waals surface area contributed by atoms with Crippen molar-refractivity contribution in [3.63, 3.8) is 0 Å². The minimum atomic E-state index is -0.737. The Hall–Kier alpha value is -3.20. The lowest BCUT2D eigenvalue weighted by molar-refractivity contribution is 0.0592. The van der Waals surface area contributed by atoms with E-state index in [1.165, 1.54) is 26.4 Å². The molecular formula is C19H21F2N3O4. The molecule has 0 spiro atoms. The van der Waals surface area contributed by atoms with E-state index in [0.717, 1.165) is 12.1 Å². The summed E-state index contributed by atoms with van der Waals surface area (Å²) in [7, 11) is 3.99. The van der Waals surface area contributed by atoms with E-state index >= 15 is 0 Å². The zero-order valence-electron chi connectivity index (χ0n) is 15.7. The molecule has 7 nitrogen and oxygen atoms in total. The molecule has 4 N–H and O–H groups in total. The summed E-state index contributed by atoms with van der Waals surface area (Å²) in [4.78, 5) is 24.8. The first-order chi connectivity index (χ1) is 13.2. The first kappa shape index (κ1) is 21.1. The molecule has 2 aromatic rings. The first-order valence-corrected chi connectivity index (χ1v) is 8.18. The second-order valence-electron chi connectivity index (χ2n) is 6.22. The van der Waals surface area contributed by atoms with Gasteiger partial charge < -0.3 is 20.9 Å². The molecule has 0 amide bonds. The molecule has 2 aromatic carbocycles. The van der Waals surface area contributed by atoms with Crippen LogP contribution in [0.4, 0.5) is 20.2 Å². The van der Waals surface area contributed by atoms with Crippen molar-refractivity contribution in [3.05, 3.63) is 58.2 Å². The van der Waals surface area contributed by atoms with E-state index in [9.17, 15) is 18.4 Å². The number of ether oxygens (including phenoxy) is 2. The Bertz CT molecular complexity index is 845. The molecule has 0 unspecified atom stereocenters. The number of rotatable bonds is 6. The number of nitrogens with zero attached hydrogens (tertiary/aromatic N) is 1. The molecule has 0 aliphatic rings. The van der Waals surface area contributed by atoms with Crippen molar-refractivity contribution < 1.29 is 27.8 Å². The van der Waals surface area contributed by atoms with E-state index in [2.05, 4.69) is 9.47 Å². The Kier molecular flexibility index (Phi) is 6.53. The molecule has 0 heterocycles. The smallest absolute Gasteiger partial charge is 0.340 e. The summed E-state index contributed by atoms with van der Waals surface area (Å²) < 4.78 is 37.7. The Morgan fingerprint density at radius 1 is 0.857 bits per heavy atom. The minimum absolute atomic E-state index is 0.0661. The quantitative estimate of drug-likeness (QED) is 0.573. The zero-order chi connectivity index (χ0) is 21.0. The monoisotopic (exact) mass is 393 g/mol. The minimum Gasteiger partial charge on any atom is -0.465 e. The van der Waals surface area contributed by atoms with Crippen molar-refractivity contribution in [2.75, 3.05) is 32.7 Å². The summed E-state index contributed by atoms with van der Waals surface area (Å²) in [6.45, 7) is 0.186. The molecule has 0 bridgehead atoms. The maximum absolute atomic E-state index is 14.3. The normalized spacial score (nSPS) is 10.8. The van der Waals surface area contributed by atoms with Gasteiger partial charge in [-0.05, 0) is 31.3 Å². The third kappa shape index (κ3) is 4.55. The van der Waals surface area contributed by atoms with Gasteiger partial charge in [-0.2, -0.15) is 0 Å². The standard InChI is InChI=1S/C19H21F2N3O4/c1-24(8-10-4-16(22)12(6-14(10)20)18(25)27-2)9-11-5-17(23)13(7-15(11)21)19(26)28-3/h4-7H,8-9,22-23H2,1-3H3. The maximum Gasteiger partial charge on any atom is 0.340 e. The van der Waals surface area contributed by atoms with Gasteiger partial charge in [-0.3, -0.25) is 4.90 Å². The predicted molar refractivity (Wildman–Crippen MR) is 99.5 cm³/mol. The zero-order valence-corrected chi connectivity index (χ0v) is 15.7. The fourth-order valence-electron chi connectivity index (χ4n) is 2.73. The third-order valence-corrected chi connectivity index (χ3v) is 4.13. The Morgan fingerprint density at radius 3 is 1.54 bits per heavy atom. The largest absolute Gasteiger partial charge is 0.465 e. The Labute approximate surface area is 160 Å². The van der Waals surface area contributed by atoms with Crippen LogP contribution in [0.2, 0.25) is 0 Å². The highest BCUT2D eigenvalue weighted by molar-refractivity contribution is 5.95. The van der Waals surface area contributed by atoms with Crippen molar-refractivity contribution in [2.24, 2.45) is 0 Å². The lowest BCUT2D eigenvalue weighted by atomic mass is 10.1. The van der Waals surface area contributed by atoms with Crippen LogP contribution >= 0.6 is 0 Å². The Balaban J connectivity index is 2.20. The van der Waals surface area contributed by atoms with E-state index in [-0.39, 0.29) is 46.7 Å². The van der Waals surface area contributed by atoms with Crippen LogP contribution in [0.3, 0.4) is 0 Å². The summed E-state index contributed by atoms with van der Waals surface area (Å²) in [5.74, 6) is -2.75. The van der Waals surface area contributed by atoms with E-state index < -0.39 is 23.6 Å². The van der Waals surface area contributed by atoms with Gasteiger partial charge in [0.15, 0.2) is 0 Å². The van der Waals surface area contributed by atoms with Gasteiger partial charge in [0.1, 0.15) is 11.6 Å². The number of nitrogen functional groups attached to an aromatic ring is 2. The number of nitrogens with two attached hydrogens (primary N) is 2. The third-order valence-electron chi connectivity index (χ3n) is 4.13. The molecule has 28 heavy (non-hydrogen) atoms. The van der Waals surface area contributed by atoms with Gasteiger partial charge in [0.25, 0.3) is 0 Å². The van der Waals surface area contributed by atoms with Crippen molar-refractivity contribution in [1.82, 2.24) is 4.90 Å². The predicted octanol–water partition coefficient (Wildman–Crippen LogP) is 2.33. The molecular weight excluding hydrogens is 372 g/mol. The van der Waals surface area contributed by atoms with Gasteiger partial charge in [-0.1, -0.05) is 0 Å². The van der Waals surface area contributed by atoms with Gasteiger partial charge in [0.2, 0.25) is 0 Å². The van der Waals surface area contributed by atoms with Crippen molar-refractivity contribution in [1.29, 1.82) is 0 Å². The van der Waals surface area contributed by atoms with E-state index in [4.69, 9.17) is 11.5 Å². The highest BCUT2D eigenvalue weighted by atomic mass is 19.1. The van der Waals surface area contributed by atoms with Crippen LogP contribution in [0, 0.1) is 11.6 Å². The molecule has 0 aliphatic carbocycles. The van der Waals surface area contributed by atoms with Crippen LogP contribution in [0.1, 0.15) is 31.8 Å². The molecule has 0 atom stereocenters. The second kappa shape index (κ2) is 8.66. The van der Waals surface area contributed by atoms with Gasteiger partial charge in [-0.15, -0.1) is 0 Å². The molecule has 9 heteroatoms. The molecule has 0 fully saturated rings. The summed E-state index contributed by atoms with van der Waals surface area (Å²) in [6.07, 6.45) is 0. The number of anilines is 2. The van der Waals surface area contributed by atoms with Gasteiger partial charge >= 0.3 is 11.9 Å². The van der Waals surface area contributed by atoms with Crippen molar-refractivity contribution in [3.8, 4) is 0 Å². The lowest BCUT2D eigenvalue weighted by Gasteiger charge is -2.19. The molecule has 150 valence electrons. The number of carbonyl (C=O) groups excluding carboxylic acids is 2. The fraction of sp³-hybridized carbons (Fsp3) is 0.263. The molecule has 2 rings (SSSR count). The lowest BCUT2D eigenvalue weighted by Crippen LogP contribution is -2.20. The van der Waals surface area contributed by atoms with Gasteiger partial charge in [0.05, 0.1) is 25.3 Å². The first-order valence-electron chi connectivity index (χ1n) is 8.18. The summed E-state index contributed by atoms with van der Waals surface area (Å²) >= 11 is 0. The highest BCUT2D eigenvalue weighted by Gasteiger charge is 2.18. The second-order valence-corrected chi connectivity index (χ2v) is 6.22. The van der Waals surface area contributed by atoms with Gasteiger partial charge in [0, 0.05) is 35.6 Å². The number of esters is 2. The summed E-state index contributed by atoms with van der Waals surface area (Å²) in [6, 6.07) is 4.69. The van der Waals surface area contributed by atoms with Crippen LogP contribution < -0.4 is 11.5 Å². The average molecular weight is 393 g/mol. The number of methoxy groups -OCH3 is 2. The number of hydrogen-bond acceptors (Lipinski definition) is 7. The maximum atomic E-state index is 14.3. The topological polar surface area (TPSA) is 108 Å². The van der Waals surface area contributed by atoms with Gasteiger partial charge in [-0.25, -0.2) is 18.4 Å². The van der Waals surface area contributed by atoms with E-state index in [1.54, 1.807) is 11.9 Å². The van der Waals surface area contributed by atoms with E-state index in [1.807, 2.05) is 0 Å². The molecule has 0 aromatic heterocycles. The number of carbonyl (C=O) groups is 2. The van der Waals surface area contributed by atoms with Crippen LogP contribution in [-0.2, 0) is 22.6 Å². The van der Waals surface area contributed by atoms with Crippen molar-refractivity contribution >= 4 is 23.3 Å². The number of benzene rings is 2. The Morgan fingerprint density at radius 2 is 1.21 bits per heavy atom. The highest BCUT2D eigenvalue weighted by Crippen LogP contribution is 2.23. The molecule has 0 aliphatic heterocycles. The van der Waals surface area contributed by atoms with Crippen LogP contribution in [0.5, 0.6) is 0 Å². The summed E-state index contributed by atoms with van der Waals surface area (Å²) in [5.41, 5.74) is 12.1. The van der Waals surface area contributed by atoms with E-state index in [0.29, 0.717) is 0 Å². The molecule has 0 saturated carbocycles. The van der Waals surface area contributed by atoms with Crippen LogP contribution in [-0.4, -0.2) is 38.1 Å². The van der Waals surface area contributed by atoms with Crippen molar-refractivity contribution in [2.45, 2.75) is 13.1 Å². The van der Waals surface area contributed by atoms with Crippen LogP contribution in [0.15, 0.2) is 24.3 Å². The molecule has 0 saturated heterocycles. The SMILES string of the molecule is COC(=O)c1cc(F)c(CN(C)Cc2cc(N)c(C(=O)OC)cc2F)cc1N. The number of hydrogen-bond donors (Lipinski definition) is 2. The van der Waals surface area contributed by atoms with Crippen LogP contribution in [0.25, 0.3) is 0 Å². The average Bonchev–Trinajstić information content (AvgIpc) is 2.65. The molecule has 0 radical (unpaired) electrons. The summed E-state index contributed by atoms with van der Waals surface area (Å²) in [5, 5.41) is 0. The number of halogens is 2.